The lowest BCUT2D eigenvalue weighted by Gasteiger charge is -1.84. The van der Waals surface area contributed by atoms with Crippen LogP contribution in [-0.2, 0) is 0 Å². The van der Waals surface area contributed by atoms with Gasteiger partial charge in [-0.3, -0.25) is 5.41 Å². The summed E-state index contributed by atoms with van der Waals surface area (Å²) in [5.74, 6) is 0.389. The summed E-state index contributed by atoms with van der Waals surface area (Å²) in [6, 6.07) is 0. The molecule has 0 unspecified atom stereocenters. The van der Waals surface area contributed by atoms with Crippen molar-refractivity contribution in [3.63, 3.8) is 0 Å². The monoisotopic (exact) mass is 182 g/mol. The van der Waals surface area contributed by atoms with Crippen molar-refractivity contribution in [1.29, 1.82) is 5.41 Å². The Bertz CT molecular complexity index is 183. The van der Waals surface area contributed by atoms with Gasteiger partial charge in [-0.2, -0.15) is 0 Å². The fourth-order valence-corrected chi connectivity index (χ4v) is 0.413. The summed E-state index contributed by atoms with van der Waals surface area (Å²) >= 11 is 0. The van der Waals surface area contributed by atoms with Crippen molar-refractivity contribution >= 4 is 30.6 Å². The van der Waals surface area contributed by atoms with Gasteiger partial charge in [0.15, 0.2) is 11.7 Å². The van der Waals surface area contributed by atoms with Crippen LogP contribution in [0.25, 0.3) is 0 Å². The van der Waals surface area contributed by atoms with Crippen molar-refractivity contribution < 1.29 is 0 Å². The second-order valence-corrected chi connectivity index (χ2v) is 1.35. The summed E-state index contributed by atoms with van der Waals surface area (Å²) in [6.07, 6.45) is 3.17. The highest BCUT2D eigenvalue weighted by atomic mass is 35.5. The molecule has 0 saturated heterocycles. The van der Waals surface area contributed by atoms with Crippen LogP contribution in [0.1, 0.15) is 5.82 Å². The normalized spacial score (nSPS) is 7.20. The second kappa shape index (κ2) is 5.08. The van der Waals surface area contributed by atoms with Crippen molar-refractivity contribution in [3.8, 4) is 0 Å². The molecule has 0 atom stereocenters. The fraction of sp³-hybridized carbons (Fsp3) is 0. The highest BCUT2D eigenvalue weighted by Crippen LogP contribution is 1.82. The van der Waals surface area contributed by atoms with Crippen LogP contribution in [0.3, 0.4) is 0 Å². The van der Waals surface area contributed by atoms with E-state index < -0.39 is 0 Å². The predicted molar refractivity (Wildman–Crippen MR) is 44.1 cm³/mol. The number of rotatable bonds is 1. The number of halogens is 2. The molecule has 0 aromatic carbocycles. The summed E-state index contributed by atoms with van der Waals surface area (Å²) in [6.45, 7) is 0. The second-order valence-electron chi connectivity index (χ2n) is 1.35. The highest BCUT2D eigenvalue weighted by molar-refractivity contribution is 5.91. The maximum atomic E-state index is 6.84. The van der Waals surface area contributed by atoms with Crippen molar-refractivity contribution in [2.75, 3.05) is 0 Å². The molecule has 1 aromatic heterocycles. The van der Waals surface area contributed by atoms with Gasteiger partial charge in [-0.05, 0) is 0 Å². The van der Waals surface area contributed by atoms with E-state index in [0.29, 0.717) is 5.82 Å². The topological polar surface area (TPSA) is 78.6 Å². The van der Waals surface area contributed by atoms with Gasteiger partial charge >= 0.3 is 0 Å². The molecule has 10 heavy (non-hydrogen) atoms. The van der Waals surface area contributed by atoms with Crippen LogP contribution in [0.15, 0.2) is 12.4 Å². The number of aromatic amines is 1. The summed E-state index contributed by atoms with van der Waals surface area (Å²) < 4.78 is 0. The minimum absolute atomic E-state index is 0. The molecule has 4 nitrogen and oxygen atoms in total. The molecule has 0 bridgehead atoms. The van der Waals surface area contributed by atoms with E-state index in [1.54, 1.807) is 12.4 Å². The van der Waals surface area contributed by atoms with Gasteiger partial charge in [0, 0.05) is 12.4 Å². The third kappa shape index (κ3) is 2.70. The molecule has 0 radical (unpaired) electrons. The zero-order valence-electron chi connectivity index (χ0n) is 5.00. The smallest absolute Gasteiger partial charge is 0.172 e. The lowest BCUT2D eigenvalue weighted by molar-refractivity contribution is 1.22. The average molecular weight is 183 g/mol. The van der Waals surface area contributed by atoms with Crippen molar-refractivity contribution in [2.45, 2.75) is 0 Å². The van der Waals surface area contributed by atoms with Gasteiger partial charge in [-0.25, -0.2) is 4.98 Å². The molecule has 0 aliphatic rings. The zero-order chi connectivity index (χ0) is 5.98. The van der Waals surface area contributed by atoms with Crippen LogP contribution in [0.5, 0.6) is 0 Å². The third-order valence-corrected chi connectivity index (χ3v) is 0.753. The minimum Gasteiger partial charge on any atom is -0.381 e. The van der Waals surface area contributed by atoms with Crippen LogP contribution < -0.4 is 5.73 Å². The van der Waals surface area contributed by atoms with Crippen molar-refractivity contribution in [3.05, 3.63) is 18.2 Å². The molecule has 4 N–H and O–H groups in total. The molecule has 0 aliphatic carbocycles. The first-order chi connectivity index (χ1) is 3.80. The number of hydrogen-bond acceptors (Lipinski definition) is 2. The lowest BCUT2D eigenvalue weighted by Crippen LogP contribution is -2.12. The van der Waals surface area contributed by atoms with E-state index in [1.165, 1.54) is 0 Å². The molecule has 58 valence electrons. The van der Waals surface area contributed by atoms with Gasteiger partial charge in [-0.15, -0.1) is 24.8 Å². The van der Waals surface area contributed by atoms with E-state index in [2.05, 4.69) is 9.97 Å². The summed E-state index contributed by atoms with van der Waals surface area (Å²) in [7, 11) is 0. The number of amidine groups is 1. The molecule has 0 saturated carbocycles. The van der Waals surface area contributed by atoms with Crippen molar-refractivity contribution in [1.82, 2.24) is 9.97 Å². The van der Waals surface area contributed by atoms with Crippen LogP contribution >= 0.6 is 24.8 Å². The van der Waals surface area contributed by atoms with Gasteiger partial charge in [0.1, 0.15) is 0 Å². The Hall–Kier alpha value is -0.740. The Balaban J connectivity index is 0. The molecule has 1 aromatic rings. The van der Waals surface area contributed by atoms with Crippen molar-refractivity contribution in [2.24, 2.45) is 5.73 Å². The predicted octanol–water partition coefficient (Wildman–Crippen LogP) is 0.537. The lowest BCUT2D eigenvalue weighted by atomic mass is 10.6. The number of nitrogens with zero attached hydrogens (tertiary/aromatic N) is 1. The van der Waals surface area contributed by atoms with Gasteiger partial charge in [0.25, 0.3) is 0 Å². The van der Waals surface area contributed by atoms with E-state index in [0.717, 1.165) is 0 Å². The third-order valence-electron chi connectivity index (χ3n) is 0.753. The van der Waals surface area contributed by atoms with E-state index >= 15 is 0 Å². The number of H-pyrrole nitrogens is 1. The Morgan fingerprint density at radius 3 is 2.40 bits per heavy atom. The molecular weight excluding hydrogens is 175 g/mol. The number of nitrogen functional groups attached to an aromatic ring is 1. The number of nitrogens with one attached hydrogen (secondary N) is 2. The molecule has 1 heterocycles. The van der Waals surface area contributed by atoms with Crippen LogP contribution in [0, 0.1) is 5.41 Å². The number of aromatic nitrogens is 2. The first kappa shape index (κ1) is 12.0. The van der Waals surface area contributed by atoms with Gasteiger partial charge < -0.3 is 10.7 Å². The molecular formula is C4H8Cl2N4. The number of hydrogen-bond donors (Lipinski definition) is 3. The van der Waals surface area contributed by atoms with Crippen LogP contribution in [0.4, 0.5) is 0 Å². The molecule has 6 heteroatoms. The summed E-state index contributed by atoms with van der Waals surface area (Å²) in [4.78, 5) is 6.39. The first-order valence-electron chi connectivity index (χ1n) is 2.14. The largest absolute Gasteiger partial charge is 0.381 e. The van der Waals surface area contributed by atoms with Gasteiger partial charge in [0.2, 0.25) is 0 Å². The quantitative estimate of drug-likeness (QED) is 0.438. The Morgan fingerprint density at radius 2 is 2.20 bits per heavy atom. The molecule has 0 aliphatic heterocycles. The van der Waals surface area contributed by atoms with E-state index in [1.807, 2.05) is 0 Å². The molecule has 0 spiro atoms. The molecule has 0 amide bonds. The molecule has 1 rings (SSSR count). The standard InChI is InChI=1S/C4H6N4.2ClH/c5-3(6)4-7-1-2-8-4;;/h1-2H,(H3,5,6)(H,7,8);2*1H. The zero-order valence-corrected chi connectivity index (χ0v) is 6.63. The Kier molecular flexibility index (Phi) is 6.09. The van der Waals surface area contributed by atoms with E-state index in [-0.39, 0.29) is 30.6 Å². The SMILES string of the molecule is Cl.Cl.N=C(N)c1ncc[nH]1. The van der Waals surface area contributed by atoms with Gasteiger partial charge in [-0.1, -0.05) is 0 Å². The minimum atomic E-state index is -0.0324. The van der Waals surface area contributed by atoms with E-state index in [9.17, 15) is 0 Å². The highest BCUT2D eigenvalue weighted by Gasteiger charge is 1.92. The summed E-state index contributed by atoms with van der Waals surface area (Å²) in [5.41, 5.74) is 5.05. The molecule has 0 fully saturated rings. The maximum Gasteiger partial charge on any atom is 0.172 e. The number of nitrogens with two attached hydrogens (primary N) is 1. The van der Waals surface area contributed by atoms with Gasteiger partial charge in [0.05, 0.1) is 0 Å². The Labute approximate surface area is 70.6 Å². The Morgan fingerprint density at radius 1 is 1.60 bits per heavy atom. The van der Waals surface area contributed by atoms with E-state index in [4.69, 9.17) is 11.1 Å². The average Bonchev–Trinajstić information content (AvgIpc) is 2.12. The maximum absolute atomic E-state index is 6.84. The van der Waals surface area contributed by atoms with Crippen LogP contribution in [0.2, 0.25) is 0 Å². The first-order valence-corrected chi connectivity index (χ1v) is 2.14. The van der Waals surface area contributed by atoms with Crippen LogP contribution in [-0.4, -0.2) is 15.8 Å². The summed E-state index contributed by atoms with van der Waals surface area (Å²) in [5, 5.41) is 6.84. The fourth-order valence-electron chi connectivity index (χ4n) is 0.413. The number of imidazole rings is 1.